The maximum absolute atomic E-state index is 5.62. The van der Waals surface area contributed by atoms with Crippen LogP contribution in [-0.2, 0) is 0 Å². The predicted molar refractivity (Wildman–Crippen MR) is 62.8 cm³/mol. The highest BCUT2D eigenvalue weighted by molar-refractivity contribution is 6.19. The van der Waals surface area contributed by atoms with Crippen LogP contribution < -0.4 is 0 Å². The Hall–Kier alpha value is -1.21. The smallest absolute Gasteiger partial charge is 0.0462 e. The number of allylic oxidation sites excluding steroid dienone is 1. The van der Waals surface area contributed by atoms with Crippen molar-refractivity contribution in [3.63, 3.8) is 0 Å². The summed E-state index contributed by atoms with van der Waals surface area (Å²) in [7, 11) is 0. The van der Waals surface area contributed by atoms with E-state index in [4.69, 9.17) is 11.6 Å². The molecule has 0 aliphatic heterocycles. The molecule has 2 heteroatoms. The van der Waals surface area contributed by atoms with Crippen molar-refractivity contribution in [3.05, 3.63) is 41.6 Å². The van der Waals surface area contributed by atoms with Gasteiger partial charge in [-0.2, -0.15) is 0 Å². The molecule has 0 aliphatic rings. The maximum Gasteiger partial charge on any atom is 0.0462 e. The zero-order chi connectivity index (χ0) is 9.97. The van der Waals surface area contributed by atoms with Crippen molar-refractivity contribution in [1.29, 1.82) is 0 Å². The molecular weight excluding hydrogens is 194 g/mol. The molecule has 0 atom stereocenters. The summed E-state index contributed by atoms with van der Waals surface area (Å²) in [5.41, 5.74) is 3.60. The molecular formula is C12H12ClN. The first-order valence-electron chi connectivity index (χ1n) is 4.62. The van der Waals surface area contributed by atoms with E-state index in [2.05, 4.69) is 30.1 Å². The van der Waals surface area contributed by atoms with Gasteiger partial charge in [-0.25, -0.2) is 0 Å². The van der Waals surface area contributed by atoms with Gasteiger partial charge in [0, 0.05) is 28.0 Å². The van der Waals surface area contributed by atoms with Gasteiger partial charge in [-0.3, -0.25) is 0 Å². The Morgan fingerprint density at radius 1 is 1.36 bits per heavy atom. The predicted octanol–water partition coefficient (Wildman–Crippen LogP) is 3.73. The average Bonchev–Trinajstić information content (AvgIpc) is 2.51. The first kappa shape index (κ1) is 9.35. The summed E-state index contributed by atoms with van der Waals surface area (Å²) in [6.07, 6.45) is 4.03. The highest BCUT2D eigenvalue weighted by Gasteiger charge is 2.03. The number of rotatable bonds is 2. The fourth-order valence-corrected chi connectivity index (χ4v) is 1.76. The van der Waals surface area contributed by atoms with Crippen molar-refractivity contribution < 1.29 is 0 Å². The molecule has 0 aliphatic carbocycles. The van der Waals surface area contributed by atoms with E-state index < -0.39 is 0 Å². The molecule has 1 nitrogen and oxygen atoms in total. The van der Waals surface area contributed by atoms with Gasteiger partial charge in [0.05, 0.1) is 0 Å². The highest BCUT2D eigenvalue weighted by atomic mass is 35.5. The van der Waals surface area contributed by atoms with Crippen LogP contribution in [0.4, 0.5) is 0 Å². The molecule has 0 saturated carbocycles. The van der Waals surface area contributed by atoms with Crippen molar-refractivity contribution in [2.24, 2.45) is 0 Å². The maximum atomic E-state index is 5.62. The van der Waals surface area contributed by atoms with Crippen LogP contribution in [0.25, 0.3) is 17.0 Å². The SMILES string of the molecule is Cc1[nH]c2ccccc2c1C=CCCl. The summed E-state index contributed by atoms with van der Waals surface area (Å²) in [6.45, 7) is 2.08. The first-order chi connectivity index (χ1) is 6.83. The molecule has 2 rings (SSSR count). The van der Waals surface area contributed by atoms with E-state index in [1.807, 2.05) is 18.2 Å². The zero-order valence-corrected chi connectivity index (χ0v) is 8.81. The molecule has 0 unspecified atom stereocenters. The summed E-state index contributed by atoms with van der Waals surface area (Å²) >= 11 is 5.62. The minimum atomic E-state index is 0.555. The number of aromatic amines is 1. The normalized spacial score (nSPS) is 11.6. The van der Waals surface area contributed by atoms with Crippen LogP contribution in [0.15, 0.2) is 30.3 Å². The zero-order valence-electron chi connectivity index (χ0n) is 8.05. The van der Waals surface area contributed by atoms with Gasteiger partial charge in [0.25, 0.3) is 0 Å². The summed E-state index contributed by atoms with van der Waals surface area (Å²) in [6, 6.07) is 8.29. The lowest BCUT2D eigenvalue weighted by atomic mass is 10.1. The molecule has 0 radical (unpaired) electrons. The van der Waals surface area contributed by atoms with Gasteiger partial charge in [-0.05, 0) is 13.0 Å². The second-order valence-electron chi connectivity index (χ2n) is 3.27. The van der Waals surface area contributed by atoms with Crippen LogP contribution in [0.5, 0.6) is 0 Å². The Labute approximate surface area is 88.4 Å². The fourth-order valence-electron chi connectivity index (χ4n) is 1.68. The van der Waals surface area contributed by atoms with Gasteiger partial charge in [0.1, 0.15) is 0 Å². The standard InChI is InChI=1S/C12H12ClN/c1-9-10(6-4-8-13)11-5-2-3-7-12(11)14-9/h2-7,14H,8H2,1H3. The van der Waals surface area contributed by atoms with E-state index in [-0.39, 0.29) is 0 Å². The number of nitrogens with one attached hydrogen (secondary N) is 1. The molecule has 1 aromatic heterocycles. The number of benzene rings is 1. The van der Waals surface area contributed by atoms with Crippen LogP contribution in [0.2, 0.25) is 0 Å². The van der Waals surface area contributed by atoms with Crippen LogP contribution in [0, 0.1) is 6.92 Å². The van der Waals surface area contributed by atoms with E-state index in [1.54, 1.807) is 0 Å². The van der Waals surface area contributed by atoms with E-state index in [1.165, 1.54) is 22.2 Å². The summed E-state index contributed by atoms with van der Waals surface area (Å²) in [4.78, 5) is 3.34. The molecule has 72 valence electrons. The Bertz CT molecular complexity index is 468. The second kappa shape index (κ2) is 3.89. The highest BCUT2D eigenvalue weighted by Crippen LogP contribution is 2.22. The fraction of sp³-hybridized carbons (Fsp3) is 0.167. The number of H-pyrrole nitrogens is 1. The van der Waals surface area contributed by atoms with Crippen molar-refractivity contribution in [2.45, 2.75) is 6.92 Å². The van der Waals surface area contributed by atoms with Crippen LogP contribution in [-0.4, -0.2) is 10.9 Å². The van der Waals surface area contributed by atoms with Gasteiger partial charge in [0.2, 0.25) is 0 Å². The minimum Gasteiger partial charge on any atom is -0.358 e. The lowest BCUT2D eigenvalue weighted by Gasteiger charge is -1.91. The third-order valence-corrected chi connectivity index (χ3v) is 2.50. The number of alkyl halides is 1. The van der Waals surface area contributed by atoms with E-state index in [9.17, 15) is 0 Å². The van der Waals surface area contributed by atoms with Gasteiger partial charge in [-0.15, -0.1) is 11.6 Å². The molecule has 2 aromatic rings. The number of fused-ring (bicyclic) bond motifs is 1. The summed E-state index contributed by atoms with van der Waals surface area (Å²) in [5, 5.41) is 1.26. The third-order valence-electron chi connectivity index (χ3n) is 2.32. The van der Waals surface area contributed by atoms with Gasteiger partial charge in [-0.1, -0.05) is 30.4 Å². The third kappa shape index (κ3) is 1.55. The lowest BCUT2D eigenvalue weighted by molar-refractivity contribution is 1.29. The molecule has 0 amide bonds. The lowest BCUT2D eigenvalue weighted by Crippen LogP contribution is -1.74. The number of hydrogen-bond acceptors (Lipinski definition) is 0. The molecule has 0 bridgehead atoms. The topological polar surface area (TPSA) is 15.8 Å². The van der Waals surface area contributed by atoms with E-state index in [0.29, 0.717) is 5.88 Å². The Morgan fingerprint density at radius 3 is 2.93 bits per heavy atom. The number of aromatic nitrogens is 1. The minimum absolute atomic E-state index is 0.555. The molecule has 1 heterocycles. The van der Waals surface area contributed by atoms with Crippen LogP contribution in [0.1, 0.15) is 11.3 Å². The summed E-state index contributed by atoms with van der Waals surface area (Å²) in [5.74, 6) is 0.555. The van der Waals surface area contributed by atoms with Gasteiger partial charge in [0.15, 0.2) is 0 Å². The average molecular weight is 206 g/mol. The molecule has 14 heavy (non-hydrogen) atoms. The number of aryl methyl sites for hydroxylation is 1. The van der Waals surface area contributed by atoms with Crippen molar-refractivity contribution in [1.82, 2.24) is 4.98 Å². The van der Waals surface area contributed by atoms with Gasteiger partial charge < -0.3 is 4.98 Å². The summed E-state index contributed by atoms with van der Waals surface area (Å²) < 4.78 is 0. The monoisotopic (exact) mass is 205 g/mol. The van der Waals surface area contributed by atoms with Crippen molar-refractivity contribution in [2.75, 3.05) is 5.88 Å². The molecule has 1 aromatic carbocycles. The van der Waals surface area contributed by atoms with Gasteiger partial charge >= 0.3 is 0 Å². The molecule has 1 N–H and O–H groups in total. The Morgan fingerprint density at radius 2 is 2.14 bits per heavy atom. The van der Waals surface area contributed by atoms with Crippen molar-refractivity contribution >= 4 is 28.6 Å². The largest absolute Gasteiger partial charge is 0.358 e. The quantitative estimate of drug-likeness (QED) is 0.720. The number of halogens is 1. The van der Waals surface area contributed by atoms with Crippen molar-refractivity contribution in [3.8, 4) is 0 Å². The number of hydrogen-bond donors (Lipinski definition) is 1. The Kier molecular flexibility index (Phi) is 2.60. The Balaban J connectivity index is 2.62. The number of para-hydroxylation sites is 1. The van der Waals surface area contributed by atoms with Crippen LogP contribution in [0.3, 0.4) is 0 Å². The molecule has 0 spiro atoms. The first-order valence-corrected chi connectivity index (χ1v) is 5.16. The second-order valence-corrected chi connectivity index (χ2v) is 3.57. The molecule has 0 fully saturated rings. The van der Waals surface area contributed by atoms with Crippen LogP contribution >= 0.6 is 11.6 Å². The molecule has 0 saturated heterocycles. The van der Waals surface area contributed by atoms with E-state index >= 15 is 0 Å². The van der Waals surface area contributed by atoms with E-state index in [0.717, 1.165) is 0 Å².